The topological polar surface area (TPSA) is 64.0 Å². The summed E-state index contributed by atoms with van der Waals surface area (Å²) >= 11 is 0. The van der Waals surface area contributed by atoms with Gasteiger partial charge in [-0.25, -0.2) is 4.68 Å². The first-order valence-corrected chi connectivity index (χ1v) is 7.93. The summed E-state index contributed by atoms with van der Waals surface area (Å²) in [5.41, 5.74) is -0.193. The van der Waals surface area contributed by atoms with Crippen molar-refractivity contribution >= 4 is 11.6 Å². The van der Waals surface area contributed by atoms with Crippen molar-refractivity contribution in [3.63, 3.8) is 0 Å². The highest BCUT2D eigenvalue weighted by molar-refractivity contribution is 6.02. The minimum atomic E-state index is -4.43. The molecule has 0 radical (unpaired) electrons. The number of para-hydroxylation sites is 1. The van der Waals surface area contributed by atoms with Crippen LogP contribution in [-0.4, -0.2) is 15.7 Å². The van der Waals surface area contributed by atoms with E-state index in [2.05, 4.69) is 10.4 Å². The molecule has 3 aromatic rings. The number of rotatable bonds is 4. The normalized spacial score (nSPS) is 11.2. The van der Waals surface area contributed by atoms with Gasteiger partial charge in [0.05, 0.1) is 12.1 Å². The van der Waals surface area contributed by atoms with Crippen LogP contribution in [0.15, 0.2) is 71.5 Å². The van der Waals surface area contributed by atoms with E-state index in [0.29, 0.717) is 11.3 Å². The van der Waals surface area contributed by atoms with Gasteiger partial charge in [0.25, 0.3) is 11.5 Å². The van der Waals surface area contributed by atoms with Gasteiger partial charge in [-0.05, 0) is 35.9 Å². The number of amides is 1. The Balaban J connectivity index is 1.79. The average molecular weight is 373 g/mol. The Hall–Kier alpha value is -3.42. The number of alkyl halides is 3. The zero-order chi connectivity index (χ0) is 19.4. The van der Waals surface area contributed by atoms with Gasteiger partial charge >= 0.3 is 6.18 Å². The molecule has 8 heteroatoms. The van der Waals surface area contributed by atoms with E-state index in [1.54, 1.807) is 30.3 Å². The highest BCUT2D eigenvalue weighted by Crippen LogP contribution is 2.29. The van der Waals surface area contributed by atoms with Gasteiger partial charge in [0.15, 0.2) is 0 Å². The van der Waals surface area contributed by atoms with E-state index in [9.17, 15) is 22.8 Å². The predicted octanol–water partition coefficient (Wildman–Crippen LogP) is 3.56. The summed E-state index contributed by atoms with van der Waals surface area (Å²) in [5.74, 6) is -0.498. The highest BCUT2D eigenvalue weighted by Gasteiger charge is 2.29. The van der Waals surface area contributed by atoms with E-state index in [4.69, 9.17) is 0 Å². The molecular weight excluding hydrogens is 359 g/mol. The van der Waals surface area contributed by atoms with Gasteiger partial charge < -0.3 is 5.32 Å². The van der Waals surface area contributed by atoms with Gasteiger partial charge in [-0.1, -0.05) is 30.3 Å². The van der Waals surface area contributed by atoms with Gasteiger partial charge in [0.1, 0.15) is 5.69 Å². The zero-order valence-corrected chi connectivity index (χ0v) is 13.9. The van der Waals surface area contributed by atoms with Crippen molar-refractivity contribution in [2.45, 2.75) is 12.7 Å². The van der Waals surface area contributed by atoms with Crippen LogP contribution in [0.25, 0.3) is 0 Å². The van der Waals surface area contributed by atoms with Gasteiger partial charge in [0.2, 0.25) is 0 Å². The lowest BCUT2D eigenvalue weighted by molar-refractivity contribution is -0.137. The number of hydrogen-bond donors (Lipinski definition) is 1. The minimum absolute atomic E-state index is 0.0189. The van der Waals surface area contributed by atoms with E-state index in [0.717, 1.165) is 16.8 Å². The van der Waals surface area contributed by atoms with Gasteiger partial charge in [-0.15, -0.1) is 0 Å². The van der Waals surface area contributed by atoms with Crippen LogP contribution in [-0.2, 0) is 12.7 Å². The molecule has 1 aromatic heterocycles. The first-order valence-electron chi connectivity index (χ1n) is 7.93. The summed E-state index contributed by atoms with van der Waals surface area (Å²) in [6, 6.07) is 15.6. The Labute approximate surface area is 152 Å². The summed E-state index contributed by atoms with van der Waals surface area (Å²) in [4.78, 5) is 24.2. The quantitative estimate of drug-likeness (QED) is 0.761. The van der Waals surface area contributed by atoms with Crippen LogP contribution >= 0.6 is 0 Å². The number of hydrogen-bond acceptors (Lipinski definition) is 3. The van der Waals surface area contributed by atoms with Gasteiger partial charge in [-0.2, -0.15) is 18.3 Å². The summed E-state index contributed by atoms with van der Waals surface area (Å²) in [5, 5.41) is 6.66. The smallest absolute Gasteiger partial charge is 0.321 e. The van der Waals surface area contributed by atoms with Crippen molar-refractivity contribution in [2.24, 2.45) is 0 Å². The predicted molar refractivity (Wildman–Crippen MR) is 93.4 cm³/mol. The SMILES string of the molecule is O=C(Nc1ccccc1)c1ccc(=O)n(Cc2ccc(C(F)(F)F)cc2)n1. The molecule has 1 amide bonds. The number of anilines is 1. The highest BCUT2D eigenvalue weighted by atomic mass is 19.4. The number of aromatic nitrogens is 2. The Bertz CT molecular complexity index is 997. The molecule has 0 saturated carbocycles. The summed E-state index contributed by atoms with van der Waals surface area (Å²) in [7, 11) is 0. The van der Waals surface area contributed by atoms with Crippen LogP contribution in [0.1, 0.15) is 21.6 Å². The van der Waals surface area contributed by atoms with Gasteiger partial charge in [0, 0.05) is 11.8 Å². The minimum Gasteiger partial charge on any atom is -0.321 e. The summed E-state index contributed by atoms with van der Waals surface area (Å²) in [6.45, 7) is -0.0522. The van der Waals surface area contributed by atoms with Crippen molar-refractivity contribution in [3.05, 3.63) is 93.9 Å². The molecule has 0 saturated heterocycles. The number of nitrogens with zero attached hydrogens (tertiary/aromatic N) is 2. The van der Waals surface area contributed by atoms with Crippen molar-refractivity contribution in [2.75, 3.05) is 5.32 Å². The summed E-state index contributed by atoms with van der Waals surface area (Å²) < 4.78 is 38.9. The molecule has 0 aliphatic heterocycles. The lowest BCUT2D eigenvalue weighted by Crippen LogP contribution is -2.26. The molecule has 27 heavy (non-hydrogen) atoms. The van der Waals surface area contributed by atoms with E-state index in [1.807, 2.05) is 0 Å². The van der Waals surface area contributed by atoms with Crippen molar-refractivity contribution in [1.82, 2.24) is 9.78 Å². The molecule has 5 nitrogen and oxygen atoms in total. The largest absolute Gasteiger partial charge is 0.416 e. The second-order valence-corrected chi connectivity index (χ2v) is 5.73. The molecule has 0 bridgehead atoms. The molecule has 0 unspecified atom stereocenters. The third kappa shape index (κ3) is 4.60. The number of nitrogens with one attached hydrogen (secondary N) is 1. The maximum atomic E-state index is 12.6. The van der Waals surface area contributed by atoms with Gasteiger partial charge in [-0.3, -0.25) is 9.59 Å². The zero-order valence-electron chi connectivity index (χ0n) is 13.9. The van der Waals surface area contributed by atoms with Crippen molar-refractivity contribution < 1.29 is 18.0 Å². The van der Waals surface area contributed by atoms with Crippen molar-refractivity contribution in [3.8, 4) is 0 Å². The number of halogens is 3. The molecule has 0 aliphatic rings. The second-order valence-electron chi connectivity index (χ2n) is 5.73. The Kier molecular flexibility index (Phi) is 5.07. The Morgan fingerprint density at radius 3 is 2.26 bits per heavy atom. The van der Waals surface area contributed by atoms with Crippen LogP contribution in [0.3, 0.4) is 0 Å². The molecule has 1 heterocycles. The third-order valence-corrected chi connectivity index (χ3v) is 3.74. The maximum Gasteiger partial charge on any atom is 0.416 e. The maximum absolute atomic E-state index is 12.6. The lowest BCUT2D eigenvalue weighted by atomic mass is 10.1. The molecule has 0 atom stereocenters. The van der Waals surface area contributed by atoms with Crippen molar-refractivity contribution in [1.29, 1.82) is 0 Å². The molecule has 2 aromatic carbocycles. The fourth-order valence-corrected chi connectivity index (χ4v) is 2.37. The first-order chi connectivity index (χ1) is 12.8. The molecular formula is C19H14F3N3O2. The second kappa shape index (κ2) is 7.45. The van der Waals surface area contributed by atoms with E-state index in [1.165, 1.54) is 24.3 Å². The van der Waals surface area contributed by atoms with E-state index >= 15 is 0 Å². The fraction of sp³-hybridized carbons (Fsp3) is 0.105. The Morgan fingerprint density at radius 2 is 1.63 bits per heavy atom. The lowest BCUT2D eigenvalue weighted by Gasteiger charge is -2.10. The molecule has 0 fully saturated rings. The van der Waals surface area contributed by atoms with E-state index < -0.39 is 23.2 Å². The van der Waals surface area contributed by atoms with Crippen LogP contribution in [0.2, 0.25) is 0 Å². The Morgan fingerprint density at radius 1 is 0.963 bits per heavy atom. The number of benzene rings is 2. The van der Waals surface area contributed by atoms with E-state index in [-0.39, 0.29) is 12.2 Å². The molecule has 0 spiro atoms. The molecule has 3 rings (SSSR count). The monoisotopic (exact) mass is 373 g/mol. The van der Waals surface area contributed by atoms with Crippen LogP contribution < -0.4 is 10.9 Å². The number of carbonyl (C=O) groups is 1. The van der Waals surface area contributed by atoms with Crippen LogP contribution in [0, 0.1) is 0 Å². The first kappa shape index (κ1) is 18.4. The molecule has 1 N–H and O–H groups in total. The molecule has 138 valence electrons. The molecule has 0 aliphatic carbocycles. The third-order valence-electron chi connectivity index (χ3n) is 3.74. The van der Waals surface area contributed by atoms with Crippen LogP contribution in [0.5, 0.6) is 0 Å². The summed E-state index contributed by atoms with van der Waals surface area (Å²) in [6.07, 6.45) is -4.43. The number of carbonyl (C=O) groups excluding carboxylic acids is 1. The average Bonchev–Trinajstić information content (AvgIpc) is 2.64. The fourth-order valence-electron chi connectivity index (χ4n) is 2.37. The standard InChI is InChI=1S/C19H14F3N3O2/c20-19(21,22)14-8-6-13(7-9-14)12-25-17(26)11-10-16(24-25)18(27)23-15-4-2-1-3-5-15/h1-11H,12H2,(H,23,27). The van der Waals surface area contributed by atoms with Crippen LogP contribution in [0.4, 0.5) is 18.9 Å².